The molecule has 3 aromatic rings. The first-order valence-electron chi connectivity index (χ1n) is 9.32. The molecular formula is C24H22ClNO3. The van der Waals surface area contributed by atoms with Crippen LogP contribution in [-0.2, 0) is 16.0 Å². The van der Waals surface area contributed by atoms with E-state index in [2.05, 4.69) is 4.98 Å². The molecule has 0 saturated carbocycles. The topological polar surface area (TPSA) is 67.3 Å². The largest absolute Gasteiger partial charge is 0.481 e. The number of hydrogen-bond acceptors (Lipinski definition) is 3. The summed E-state index contributed by atoms with van der Waals surface area (Å²) in [6.45, 7) is 3.11. The van der Waals surface area contributed by atoms with Crippen LogP contribution in [0.2, 0.25) is 5.02 Å². The van der Waals surface area contributed by atoms with Crippen LogP contribution in [0, 0.1) is 5.41 Å². The Kier molecular flexibility index (Phi) is 6.14. The van der Waals surface area contributed by atoms with Crippen molar-refractivity contribution in [1.82, 2.24) is 4.98 Å². The number of carboxylic acids is 1. The van der Waals surface area contributed by atoms with Gasteiger partial charge in [0.1, 0.15) is 5.78 Å². The first-order chi connectivity index (χ1) is 13.8. The lowest BCUT2D eigenvalue weighted by Crippen LogP contribution is -2.27. The van der Waals surface area contributed by atoms with E-state index in [1.165, 1.54) is 0 Å². The van der Waals surface area contributed by atoms with Crippen molar-refractivity contribution in [3.8, 4) is 22.4 Å². The smallest absolute Gasteiger partial charge is 0.309 e. The first-order valence-corrected chi connectivity index (χ1v) is 9.70. The van der Waals surface area contributed by atoms with Gasteiger partial charge in [-0.3, -0.25) is 14.6 Å². The van der Waals surface area contributed by atoms with Gasteiger partial charge < -0.3 is 5.11 Å². The second kappa shape index (κ2) is 8.58. The maximum Gasteiger partial charge on any atom is 0.309 e. The van der Waals surface area contributed by atoms with Gasteiger partial charge in [-0.1, -0.05) is 54.1 Å². The molecule has 4 nitrogen and oxygen atoms in total. The Hall–Kier alpha value is -2.98. The fourth-order valence-electron chi connectivity index (χ4n) is 3.16. The van der Waals surface area contributed by atoms with Crippen molar-refractivity contribution in [2.75, 3.05) is 0 Å². The number of carboxylic acid groups (broad SMARTS) is 1. The zero-order chi connectivity index (χ0) is 21.0. The maximum absolute atomic E-state index is 12.4. The van der Waals surface area contributed by atoms with Crippen molar-refractivity contribution in [3.63, 3.8) is 0 Å². The minimum absolute atomic E-state index is 0.0373. The van der Waals surface area contributed by atoms with Gasteiger partial charge in [-0.2, -0.15) is 0 Å². The van der Waals surface area contributed by atoms with E-state index >= 15 is 0 Å². The molecule has 2 aromatic carbocycles. The number of hydrogen-bond donors (Lipinski definition) is 1. The number of halogens is 1. The summed E-state index contributed by atoms with van der Waals surface area (Å²) in [5.74, 6) is -1.14. The monoisotopic (exact) mass is 407 g/mol. The zero-order valence-electron chi connectivity index (χ0n) is 16.4. The summed E-state index contributed by atoms with van der Waals surface area (Å²) in [6.07, 6.45) is 0.0588. The maximum atomic E-state index is 12.4. The minimum Gasteiger partial charge on any atom is -0.481 e. The number of benzene rings is 2. The highest BCUT2D eigenvalue weighted by Gasteiger charge is 2.30. The van der Waals surface area contributed by atoms with Crippen molar-refractivity contribution < 1.29 is 14.7 Å². The molecule has 29 heavy (non-hydrogen) atoms. The molecule has 1 N–H and O–H groups in total. The van der Waals surface area contributed by atoms with Crippen LogP contribution in [0.1, 0.15) is 26.0 Å². The molecule has 0 amide bonds. The Balaban J connectivity index is 1.91. The average molecular weight is 408 g/mol. The van der Waals surface area contributed by atoms with Crippen molar-refractivity contribution in [2.24, 2.45) is 5.41 Å². The quantitative estimate of drug-likeness (QED) is 0.547. The van der Waals surface area contributed by atoms with Crippen LogP contribution in [0.3, 0.4) is 0 Å². The number of carbonyl (C=O) groups excluding carboxylic acids is 1. The predicted molar refractivity (Wildman–Crippen MR) is 115 cm³/mol. The Morgan fingerprint density at radius 2 is 1.69 bits per heavy atom. The summed E-state index contributed by atoms with van der Waals surface area (Å²) in [7, 11) is 0. The number of ketones is 1. The predicted octanol–water partition coefficient (Wildman–Crippen LogP) is 5.68. The molecule has 0 atom stereocenters. The molecule has 5 heteroatoms. The average Bonchev–Trinajstić information content (AvgIpc) is 2.68. The SMILES string of the molecule is CC(C)(CC(=O)Cc1cccc(-c2ccc(Cl)cc2-c2ccccc2)n1)C(=O)O. The lowest BCUT2D eigenvalue weighted by molar-refractivity contribution is -0.149. The molecule has 1 heterocycles. The van der Waals surface area contributed by atoms with Gasteiger partial charge in [-0.15, -0.1) is 0 Å². The van der Waals surface area contributed by atoms with Gasteiger partial charge in [0.2, 0.25) is 0 Å². The van der Waals surface area contributed by atoms with Gasteiger partial charge in [0.05, 0.1) is 11.1 Å². The summed E-state index contributed by atoms with van der Waals surface area (Å²) in [6, 6.07) is 21.1. The van der Waals surface area contributed by atoms with E-state index in [1.807, 2.05) is 60.7 Å². The molecule has 0 spiro atoms. The summed E-state index contributed by atoms with van der Waals surface area (Å²) in [4.78, 5) is 28.3. The number of rotatable bonds is 7. The molecule has 0 aliphatic carbocycles. The molecule has 0 unspecified atom stereocenters. The molecule has 148 valence electrons. The van der Waals surface area contributed by atoms with Crippen molar-refractivity contribution in [3.05, 3.63) is 77.4 Å². The number of aromatic nitrogens is 1. The van der Waals surface area contributed by atoms with Crippen LogP contribution in [0.5, 0.6) is 0 Å². The summed E-state index contributed by atoms with van der Waals surface area (Å²) >= 11 is 6.23. The zero-order valence-corrected chi connectivity index (χ0v) is 17.1. The van der Waals surface area contributed by atoms with Crippen molar-refractivity contribution in [1.29, 1.82) is 0 Å². The van der Waals surface area contributed by atoms with Crippen LogP contribution in [0.15, 0.2) is 66.7 Å². The van der Waals surface area contributed by atoms with E-state index in [-0.39, 0.29) is 18.6 Å². The molecule has 0 aliphatic rings. The Labute approximate surface area is 175 Å². The number of carbonyl (C=O) groups is 2. The van der Waals surface area contributed by atoms with Gasteiger partial charge >= 0.3 is 5.97 Å². The second-order valence-corrected chi connectivity index (χ2v) is 8.09. The lowest BCUT2D eigenvalue weighted by Gasteiger charge is -2.17. The second-order valence-electron chi connectivity index (χ2n) is 7.65. The normalized spacial score (nSPS) is 11.3. The van der Waals surface area contributed by atoms with E-state index in [0.717, 1.165) is 22.4 Å². The Morgan fingerprint density at radius 1 is 0.966 bits per heavy atom. The summed E-state index contributed by atoms with van der Waals surface area (Å²) < 4.78 is 0. The van der Waals surface area contributed by atoms with Crippen LogP contribution in [0.4, 0.5) is 0 Å². The third kappa shape index (κ3) is 5.09. The standard InChI is InChI=1S/C24H22ClNO3/c1-24(2,23(28)29)15-19(27)14-18-9-6-10-22(26-18)20-12-11-17(25)13-21(20)16-7-4-3-5-8-16/h3-13H,14-15H2,1-2H3,(H,28,29). The molecular weight excluding hydrogens is 386 g/mol. The molecule has 3 rings (SSSR count). The number of pyridine rings is 1. The van der Waals surface area contributed by atoms with Gasteiger partial charge in [0, 0.05) is 29.1 Å². The minimum atomic E-state index is -1.09. The fourth-order valence-corrected chi connectivity index (χ4v) is 3.33. The first kappa shape index (κ1) is 20.7. The molecule has 0 saturated heterocycles. The van der Waals surface area contributed by atoms with E-state index in [0.29, 0.717) is 10.7 Å². The summed E-state index contributed by atoms with van der Waals surface area (Å²) in [5.41, 5.74) is 3.16. The van der Waals surface area contributed by atoms with E-state index < -0.39 is 11.4 Å². The van der Waals surface area contributed by atoms with E-state index in [4.69, 9.17) is 11.6 Å². The van der Waals surface area contributed by atoms with Crippen LogP contribution in [0.25, 0.3) is 22.4 Å². The Morgan fingerprint density at radius 3 is 2.38 bits per heavy atom. The summed E-state index contributed by atoms with van der Waals surface area (Å²) in [5, 5.41) is 9.87. The van der Waals surface area contributed by atoms with Gasteiger partial charge in [0.15, 0.2) is 0 Å². The van der Waals surface area contributed by atoms with Crippen LogP contribution in [-0.4, -0.2) is 21.8 Å². The van der Waals surface area contributed by atoms with Crippen LogP contribution < -0.4 is 0 Å². The third-order valence-electron chi connectivity index (χ3n) is 4.75. The van der Waals surface area contributed by atoms with Crippen molar-refractivity contribution >= 4 is 23.4 Å². The number of nitrogens with zero attached hydrogens (tertiary/aromatic N) is 1. The van der Waals surface area contributed by atoms with Gasteiger partial charge in [-0.25, -0.2) is 0 Å². The van der Waals surface area contributed by atoms with Crippen molar-refractivity contribution in [2.45, 2.75) is 26.7 Å². The van der Waals surface area contributed by atoms with Gasteiger partial charge in [0.25, 0.3) is 0 Å². The molecule has 0 radical (unpaired) electrons. The van der Waals surface area contributed by atoms with E-state index in [9.17, 15) is 14.7 Å². The Bertz CT molecular complexity index is 1050. The van der Waals surface area contributed by atoms with E-state index in [1.54, 1.807) is 19.9 Å². The molecule has 0 aliphatic heterocycles. The molecule has 0 fully saturated rings. The lowest BCUT2D eigenvalue weighted by atomic mass is 9.86. The highest BCUT2D eigenvalue weighted by atomic mass is 35.5. The molecule has 0 bridgehead atoms. The number of Topliss-reactive ketones (excluding diaryl/α,β-unsaturated/α-hetero) is 1. The van der Waals surface area contributed by atoms with Gasteiger partial charge in [-0.05, 0) is 49.2 Å². The highest BCUT2D eigenvalue weighted by Crippen LogP contribution is 2.33. The fraction of sp³-hybridized carbons (Fsp3) is 0.208. The van der Waals surface area contributed by atoms with Crippen LogP contribution >= 0.6 is 11.6 Å². The highest BCUT2D eigenvalue weighted by molar-refractivity contribution is 6.31. The molecule has 1 aromatic heterocycles. The third-order valence-corrected chi connectivity index (χ3v) is 4.98. The number of aliphatic carboxylic acids is 1.